The Morgan fingerprint density at radius 1 is 1.17 bits per heavy atom. The van der Waals surface area contributed by atoms with Crippen molar-refractivity contribution < 1.29 is 19.7 Å². The number of aliphatic hydroxyl groups is 2. The predicted molar refractivity (Wildman–Crippen MR) is 115 cm³/mol. The highest BCUT2D eigenvalue weighted by Gasteiger charge is 2.34. The zero-order chi connectivity index (χ0) is 21.2. The Kier molecular flexibility index (Phi) is 8.39. The molecule has 3 rings (SSSR count). The Balaban J connectivity index is 1.46. The molecule has 1 fully saturated rings. The van der Waals surface area contributed by atoms with Crippen molar-refractivity contribution in [3.8, 4) is 5.75 Å². The van der Waals surface area contributed by atoms with Crippen LogP contribution < -0.4 is 9.64 Å². The number of aliphatic hydroxyl groups excluding tert-OH is 1. The number of nitrogens with zero attached hydrogens (tertiary/aromatic N) is 4. The quantitative estimate of drug-likeness (QED) is 0.530. The molecule has 2 aromatic rings. The lowest BCUT2D eigenvalue weighted by Crippen LogP contribution is -2.54. The molecule has 1 aliphatic heterocycles. The number of β-amino-alcohol motifs (C(OH)–C–C–N with tert-alkyl or cyclic N) is 1. The van der Waals surface area contributed by atoms with Crippen molar-refractivity contribution in [2.45, 2.75) is 25.0 Å². The monoisotopic (exact) mass is 416 g/mol. The molecule has 8 heteroatoms. The number of benzene rings is 1. The van der Waals surface area contributed by atoms with E-state index >= 15 is 0 Å². The van der Waals surface area contributed by atoms with Crippen molar-refractivity contribution in [2.75, 3.05) is 58.0 Å². The largest absolute Gasteiger partial charge is 0.491 e. The zero-order valence-electron chi connectivity index (χ0n) is 17.6. The molecule has 0 amide bonds. The third kappa shape index (κ3) is 6.91. The lowest BCUT2D eigenvalue weighted by molar-refractivity contribution is -0.00349. The Bertz CT molecular complexity index is 747. The summed E-state index contributed by atoms with van der Waals surface area (Å²) in [5, 5.41) is 19.9. The van der Waals surface area contributed by atoms with E-state index in [-0.39, 0.29) is 6.61 Å². The number of anilines is 1. The van der Waals surface area contributed by atoms with Gasteiger partial charge in [-0.3, -0.25) is 9.88 Å². The van der Waals surface area contributed by atoms with Gasteiger partial charge in [-0.15, -0.1) is 0 Å². The minimum atomic E-state index is -0.776. The maximum Gasteiger partial charge on any atom is 0.147 e. The highest BCUT2D eigenvalue weighted by Crippen LogP contribution is 2.25. The highest BCUT2D eigenvalue weighted by molar-refractivity contribution is 5.36. The van der Waals surface area contributed by atoms with E-state index in [9.17, 15) is 5.11 Å². The summed E-state index contributed by atoms with van der Waals surface area (Å²) in [6.45, 7) is 4.03. The molecule has 1 unspecified atom stereocenters. The minimum absolute atomic E-state index is 0.0235. The van der Waals surface area contributed by atoms with E-state index in [1.54, 1.807) is 18.6 Å². The molecule has 0 spiro atoms. The van der Waals surface area contributed by atoms with Gasteiger partial charge >= 0.3 is 0 Å². The van der Waals surface area contributed by atoms with Crippen LogP contribution in [0.3, 0.4) is 0 Å². The summed E-state index contributed by atoms with van der Waals surface area (Å²) in [5.74, 6) is 1.61. The second kappa shape index (κ2) is 11.2. The Morgan fingerprint density at radius 3 is 2.73 bits per heavy atom. The van der Waals surface area contributed by atoms with Crippen LogP contribution in [-0.4, -0.2) is 83.8 Å². The molecule has 2 N–H and O–H groups in total. The summed E-state index contributed by atoms with van der Waals surface area (Å²) in [4.78, 5) is 12.8. The molecule has 0 radical (unpaired) electrons. The first-order valence-electron chi connectivity index (χ1n) is 10.4. The number of likely N-dealkylation sites (N-methyl/N-ethyl adjacent to an activating group) is 1. The Morgan fingerprint density at radius 2 is 2.00 bits per heavy atom. The van der Waals surface area contributed by atoms with Gasteiger partial charge in [0, 0.05) is 38.6 Å². The number of ether oxygens (including phenoxy) is 2. The van der Waals surface area contributed by atoms with E-state index in [1.165, 1.54) is 0 Å². The Labute approximate surface area is 178 Å². The summed E-state index contributed by atoms with van der Waals surface area (Å²) >= 11 is 0. The van der Waals surface area contributed by atoms with Crippen LogP contribution in [0, 0.1) is 0 Å². The zero-order valence-corrected chi connectivity index (χ0v) is 17.6. The van der Waals surface area contributed by atoms with Crippen molar-refractivity contribution in [2.24, 2.45) is 0 Å². The number of aromatic nitrogens is 2. The van der Waals surface area contributed by atoms with Gasteiger partial charge < -0.3 is 24.6 Å². The normalized spacial score (nSPS) is 19.3. The van der Waals surface area contributed by atoms with E-state index < -0.39 is 5.60 Å². The van der Waals surface area contributed by atoms with E-state index in [1.807, 2.05) is 31.3 Å². The topological polar surface area (TPSA) is 91.2 Å². The molecule has 1 aromatic heterocycles. The van der Waals surface area contributed by atoms with Gasteiger partial charge in [0.05, 0.1) is 31.6 Å². The Hall–Kier alpha value is -2.26. The van der Waals surface area contributed by atoms with Crippen LogP contribution in [0.25, 0.3) is 0 Å². The van der Waals surface area contributed by atoms with Gasteiger partial charge in [0.1, 0.15) is 18.2 Å². The molecule has 1 saturated heterocycles. The lowest BCUT2D eigenvalue weighted by Gasteiger charge is -2.41. The fraction of sp³-hybridized carbons (Fsp3) is 0.545. The van der Waals surface area contributed by atoms with Crippen molar-refractivity contribution in [3.05, 3.63) is 48.4 Å². The van der Waals surface area contributed by atoms with Gasteiger partial charge in [-0.25, -0.2) is 4.98 Å². The van der Waals surface area contributed by atoms with Gasteiger partial charge in [0.2, 0.25) is 0 Å². The third-order valence-corrected chi connectivity index (χ3v) is 5.10. The average Bonchev–Trinajstić information content (AvgIpc) is 2.75. The number of rotatable bonds is 11. The molecule has 1 aromatic carbocycles. The molecule has 30 heavy (non-hydrogen) atoms. The maximum atomic E-state index is 11.2. The summed E-state index contributed by atoms with van der Waals surface area (Å²) in [6, 6.07) is 7.97. The molecular weight excluding hydrogens is 384 g/mol. The summed E-state index contributed by atoms with van der Waals surface area (Å²) in [6.07, 6.45) is 6.80. The number of piperidine rings is 1. The van der Waals surface area contributed by atoms with Crippen LogP contribution in [0.2, 0.25) is 0 Å². The molecule has 0 saturated carbocycles. The molecule has 1 atom stereocenters. The summed E-state index contributed by atoms with van der Waals surface area (Å²) < 4.78 is 10.8. The van der Waals surface area contributed by atoms with Crippen molar-refractivity contribution in [3.63, 3.8) is 0 Å². The standard InChI is InChI=1S/C22H32N4O4/c1-25(16-19-3-5-20(6-4-19)30-14-13-29-12-11-27)17-22(28)7-2-10-26(18-22)21-15-23-8-9-24-21/h3-6,8-9,15,27-28H,2,7,10-14,16-18H2,1H3. The lowest BCUT2D eigenvalue weighted by atomic mass is 9.92. The van der Waals surface area contributed by atoms with Gasteiger partial charge in [0.15, 0.2) is 0 Å². The van der Waals surface area contributed by atoms with Crippen molar-refractivity contribution >= 4 is 5.82 Å². The molecule has 8 nitrogen and oxygen atoms in total. The predicted octanol–water partition coefficient (Wildman–Crippen LogP) is 1.33. The van der Waals surface area contributed by atoms with E-state index in [2.05, 4.69) is 19.8 Å². The molecule has 0 bridgehead atoms. The molecule has 2 heterocycles. The molecule has 0 aliphatic carbocycles. The fourth-order valence-corrected chi connectivity index (χ4v) is 3.84. The van der Waals surface area contributed by atoms with Crippen LogP contribution in [0.1, 0.15) is 18.4 Å². The van der Waals surface area contributed by atoms with E-state index in [4.69, 9.17) is 14.6 Å². The van der Waals surface area contributed by atoms with Gasteiger partial charge in [-0.2, -0.15) is 0 Å². The van der Waals surface area contributed by atoms with Crippen LogP contribution in [0.4, 0.5) is 5.82 Å². The average molecular weight is 417 g/mol. The minimum Gasteiger partial charge on any atom is -0.491 e. The second-order valence-electron chi connectivity index (χ2n) is 7.81. The summed E-state index contributed by atoms with van der Waals surface area (Å²) in [5.41, 5.74) is 0.383. The third-order valence-electron chi connectivity index (χ3n) is 5.10. The number of hydrogen-bond donors (Lipinski definition) is 2. The van der Waals surface area contributed by atoms with Crippen LogP contribution in [0.5, 0.6) is 5.75 Å². The van der Waals surface area contributed by atoms with Gasteiger partial charge in [-0.1, -0.05) is 12.1 Å². The second-order valence-corrected chi connectivity index (χ2v) is 7.81. The highest BCUT2D eigenvalue weighted by atomic mass is 16.5. The first-order valence-corrected chi connectivity index (χ1v) is 10.4. The van der Waals surface area contributed by atoms with E-state index in [0.29, 0.717) is 32.9 Å². The number of hydrogen-bond acceptors (Lipinski definition) is 8. The van der Waals surface area contributed by atoms with Crippen LogP contribution in [0.15, 0.2) is 42.9 Å². The van der Waals surface area contributed by atoms with Crippen LogP contribution in [-0.2, 0) is 11.3 Å². The SMILES string of the molecule is CN(Cc1ccc(OCCOCCO)cc1)CC1(O)CCCN(c2cnccn2)C1. The van der Waals surface area contributed by atoms with Crippen molar-refractivity contribution in [1.82, 2.24) is 14.9 Å². The summed E-state index contributed by atoms with van der Waals surface area (Å²) in [7, 11) is 2.03. The first-order chi connectivity index (χ1) is 14.6. The van der Waals surface area contributed by atoms with Gasteiger partial charge in [0.25, 0.3) is 0 Å². The van der Waals surface area contributed by atoms with E-state index in [0.717, 1.165) is 43.1 Å². The molecule has 164 valence electrons. The smallest absolute Gasteiger partial charge is 0.147 e. The molecular formula is C22H32N4O4. The van der Waals surface area contributed by atoms with Crippen LogP contribution >= 0.6 is 0 Å². The molecule has 1 aliphatic rings. The maximum absolute atomic E-state index is 11.2. The van der Waals surface area contributed by atoms with Gasteiger partial charge in [-0.05, 0) is 37.6 Å². The first kappa shape index (κ1) is 22.4. The fourth-order valence-electron chi connectivity index (χ4n) is 3.84. The van der Waals surface area contributed by atoms with Crippen molar-refractivity contribution in [1.29, 1.82) is 0 Å².